The molecule has 0 amide bonds. The minimum absolute atomic E-state index is 0.255. The number of hydrogen-bond donors (Lipinski definition) is 1. The lowest BCUT2D eigenvalue weighted by atomic mass is 10.1. The summed E-state index contributed by atoms with van der Waals surface area (Å²) in [4.78, 5) is 10.9. The third kappa shape index (κ3) is 2.61. The van der Waals surface area contributed by atoms with Crippen LogP contribution in [0.3, 0.4) is 0 Å². The van der Waals surface area contributed by atoms with Gasteiger partial charge in [0.05, 0.1) is 17.4 Å². The van der Waals surface area contributed by atoms with E-state index in [1.54, 1.807) is 28.9 Å². The van der Waals surface area contributed by atoms with Gasteiger partial charge in [-0.25, -0.2) is 9.48 Å². The quantitative estimate of drug-likeness (QED) is 0.805. The van der Waals surface area contributed by atoms with Gasteiger partial charge in [0.1, 0.15) is 5.69 Å². The number of nitrogens with zero attached hydrogens (tertiary/aromatic N) is 3. The van der Waals surface area contributed by atoms with E-state index in [9.17, 15) is 4.79 Å². The molecule has 110 valence electrons. The van der Waals surface area contributed by atoms with E-state index in [0.717, 1.165) is 22.4 Å². The van der Waals surface area contributed by atoms with E-state index in [0.29, 0.717) is 5.69 Å². The maximum absolute atomic E-state index is 10.9. The molecule has 3 aromatic rings. The minimum Gasteiger partial charge on any atom is -0.478 e. The Morgan fingerprint density at radius 1 is 1.09 bits per heavy atom. The van der Waals surface area contributed by atoms with Crippen molar-refractivity contribution in [2.45, 2.75) is 13.8 Å². The number of aromatic carboxylic acids is 1. The molecule has 3 rings (SSSR count). The minimum atomic E-state index is -0.939. The molecular weight excluding hydrogens is 278 g/mol. The molecule has 0 aliphatic rings. The summed E-state index contributed by atoms with van der Waals surface area (Å²) in [5.74, 6) is -0.939. The fourth-order valence-corrected chi connectivity index (χ4v) is 2.26. The average Bonchev–Trinajstić information content (AvgIpc) is 2.99. The molecule has 0 aliphatic heterocycles. The van der Waals surface area contributed by atoms with Crippen molar-refractivity contribution in [2.24, 2.45) is 0 Å². The molecule has 5 nitrogen and oxygen atoms in total. The van der Waals surface area contributed by atoms with Crippen molar-refractivity contribution in [3.05, 3.63) is 65.4 Å². The molecular formula is C17H15N3O2. The second-order valence-electron chi connectivity index (χ2n) is 5.22. The molecule has 0 saturated heterocycles. The first-order valence-corrected chi connectivity index (χ1v) is 6.88. The zero-order valence-corrected chi connectivity index (χ0v) is 12.3. The van der Waals surface area contributed by atoms with E-state index in [-0.39, 0.29) is 5.56 Å². The Bertz CT molecular complexity index is 835. The molecule has 5 heteroatoms. The van der Waals surface area contributed by atoms with Crippen molar-refractivity contribution in [1.82, 2.24) is 15.0 Å². The van der Waals surface area contributed by atoms with E-state index in [1.165, 1.54) is 0 Å². The van der Waals surface area contributed by atoms with Crippen LogP contribution in [0, 0.1) is 13.8 Å². The Morgan fingerprint density at radius 3 is 2.50 bits per heavy atom. The highest BCUT2D eigenvalue weighted by Crippen LogP contribution is 2.20. The number of carbonyl (C=O) groups is 1. The van der Waals surface area contributed by atoms with Gasteiger partial charge in [0.2, 0.25) is 0 Å². The van der Waals surface area contributed by atoms with Gasteiger partial charge in [-0.05, 0) is 43.2 Å². The lowest BCUT2D eigenvalue weighted by Crippen LogP contribution is -1.98. The van der Waals surface area contributed by atoms with Crippen molar-refractivity contribution in [3.63, 3.8) is 0 Å². The fraction of sp³-hybridized carbons (Fsp3) is 0.118. The summed E-state index contributed by atoms with van der Waals surface area (Å²) >= 11 is 0. The fourth-order valence-electron chi connectivity index (χ4n) is 2.26. The normalized spacial score (nSPS) is 10.6. The van der Waals surface area contributed by atoms with Crippen LogP contribution in [-0.4, -0.2) is 26.1 Å². The van der Waals surface area contributed by atoms with E-state index in [1.807, 2.05) is 26.1 Å². The zero-order valence-electron chi connectivity index (χ0n) is 12.3. The lowest BCUT2D eigenvalue weighted by molar-refractivity contribution is 0.0697. The van der Waals surface area contributed by atoms with Gasteiger partial charge in [-0.3, -0.25) is 0 Å². The highest BCUT2D eigenvalue weighted by molar-refractivity contribution is 5.88. The van der Waals surface area contributed by atoms with Gasteiger partial charge in [0, 0.05) is 5.56 Å². The molecule has 22 heavy (non-hydrogen) atoms. The highest BCUT2D eigenvalue weighted by atomic mass is 16.4. The third-order valence-electron chi connectivity index (χ3n) is 3.53. The van der Waals surface area contributed by atoms with Crippen LogP contribution in [0.4, 0.5) is 0 Å². The topological polar surface area (TPSA) is 68.0 Å². The summed E-state index contributed by atoms with van der Waals surface area (Å²) in [6.45, 7) is 4.06. The Balaban J connectivity index is 1.96. The molecule has 0 bridgehead atoms. The van der Waals surface area contributed by atoms with E-state index in [2.05, 4.69) is 22.4 Å². The number of rotatable bonds is 3. The molecule has 0 saturated carbocycles. The summed E-state index contributed by atoms with van der Waals surface area (Å²) in [6, 6.07) is 12.8. The van der Waals surface area contributed by atoms with Crippen LogP contribution in [0.5, 0.6) is 0 Å². The Kier molecular flexibility index (Phi) is 3.47. The second kappa shape index (κ2) is 5.44. The van der Waals surface area contributed by atoms with Crippen LogP contribution in [-0.2, 0) is 0 Å². The molecule has 0 unspecified atom stereocenters. The van der Waals surface area contributed by atoms with Gasteiger partial charge < -0.3 is 5.11 Å². The van der Waals surface area contributed by atoms with Crippen LogP contribution in [0.15, 0.2) is 48.7 Å². The number of benzene rings is 2. The lowest BCUT2D eigenvalue weighted by Gasteiger charge is -2.05. The summed E-state index contributed by atoms with van der Waals surface area (Å²) in [7, 11) is 0. The maximum Gasteiger partial charge on any atom is 0.335 e. The Hall–Kier alpha value is -2.95. The number of aryl methyl sites for hydroxylation is 2. The van der Waals surface area contributed by atoms with Crippen LogP contribution in [0.25, 0.3) is 16.9 Å². The SMILES string of the molecule is Cc1ccc(C)c(-n2cc(-c3ccc(C(=O)O)cc3)nn2)c1. The largest absolute Gasteiger partial charge is 0.478 e. The smallest absolute Gasteiger partial charge is 0.335 e. The van der Waals surface area contributed by atoms with Gasteiger partial charge in [0.25, 0.3) is 0 Å². The maximum atomic E-state index is 10.9. The average molecular weight is 293 g/mol. The monoisotopic (exact) mass is 293 g/mol. The number of carboxylic acids is 1. The second-order valence-corrected chi connectivity index (χ2v) is 5.22. The number of hydrogen-bond acceptors (Lipinski definition) is 3. The van der Waals surface area contributed by atoms with Crippen LogP contribution < -0.4 is 0 Å². The van der Waals surface area contributed by atoms with Crippen molar-refractivity contribution < 1.29 is 9.90 Å². The molecule has 0 radical (unpaired) electrons. The third-order valence-corrected chi connectivity index (χ3v) is 3.53. The van der Waals surface area contributed by atoms with Crippen LogP contribution in [0.1, 0.15) is 21.5 Å². The molecule has 1 heterocycles. The van der Waals surface area contributed by atoms with E-state index < -0.39 is 5.97 Å². The molecule has 0 spiro atoms. The van der Waals surface area contributed by atoms with Gasteiger partial charge in [-0.2, -0.15) is 0 Å². The summed E-state index contributed by atoms with van der Waals surface area (Å²) in [5, 5.41) is 17.3. The number of aromatic nitrogens is 3. The predicted octanol–water partition coefficient (Wildman–Crippen LogP) is 3.25. The van der Waals surface area contributed by atoms with Crippen molar-refractivity contribution in [1.29, 1.82) is 0 Å². The van der Waals surface area contributed by atoms with E-state index >= 15 is 0 Å². The van der Waals surface area contributed by atoms with Gasteiger partial charge >= 0.3 is 5.97 Å². The number of carboxylic acid groups (broad SMARTS) is 1. The zero-order chi connectivity index (χ0) is 15.7. The summed E-state index contributed by atoms with van der Waals surface area (Å²) in [5.41, 5.74) is 5.05. The molecule has 1 aromatic heterocycles. The highest BCUT2D eigenvalue weighted by Gasteiger charge is 2.09. The van der Waals surface area contributed by atoms with Crippen LogP contribution >= 0.6 is 0 Å². The summed E-state index contributed by atoms with van der Waals surface area (Å²) < 4.78 is 1.74. The molecule has 0 atom stereocenters. The predicted molar refractivity (Wildman–Crippen MR) is 83.2 cm³/mol. The van der Waals surface area contributed by atoms with Gasteiger partial charge in [-0.1, -0.05) is 29.5 Å². The molecule has 0 fully saturated rings. The van der Waals surface area contributed by atoms with Gasteiger partial charge in [0.15, 0.2) is 0 Å². The first-order valence-electron chi connectivity index (χ1n) is 6.88. The molecule has 2 aromatic carbocycles. The van der Waals surface area contributed by atoms with Crippen molar-refractivity contribution >= 4 is 5.97 Å². The van der Waals surface area contributed by atoms with Crippen LogP contribution in [0.2, 0.25) is 0 Å². The first-order chi connectivity index (χ1) is 10.5. The Morgan fingerprint density at radius 2 is 1.82 bits per heavy atom. The van der Waals surface area contributed by atoms with Gasteiger partial charge in [-0.15, -0.1) is 5.10 Å². The molecule has 1 N–H and O–H groups in total. The first kappa shape index (κ1) is 14.0. The van der Waals surface area contributed by atoms with Crippen molar-refractivity contribution in [2.75, 3.05) is 0 Å². The summed E-state index contributed by atoms with van der Waals surface area (Å²) in [6.07, 6.45) is 1.84. The van der Waals surface area contributed by atoms with Crippen molar-refractivity contribution in [3.8, 4) is 16.9 Å². The Labute approximate surface area is 127 Å². The van der Waals surface area contributed by atoms with E-state index in [4.69, 9.17) is 5.11 Å². The molecule has 0 aliphatic carbocycles. The standard InChI is InChI=1S/C17H15N3O2/c1-11-3-4-12(2)16(9-11)20-10-15(18-19-20)13-5-7-14(8-6-13)17(21)22/h3-10H,1-2H3,(H,21,22).